The summed E-state index contributed by atoms with van der Waals surface area (Å²) < 4.78 is 3.87. The second kappa shape index (κ2) is 15.7. The first-order chi connectivity index (χ1) is 27.8. The number of anilines is 2. The largest absolute Gasteiger partial charge is 0.399 e. The Hall–Kier alpha value is -4.99. The predicted octanol–water partition coefficient (Wildman–Crippen LogP) is 7.79. The van der Waals surface area contributed by atoms with E-state index in [9.17, 15) is 10.1 Å². The van der Waals surface area contributed by atoms with E-state index < -0.39 is 0 Å². The minimum Gasteiger partial charge on any atom is -0.399 e. The third-order valence-corrected chi connectivity index (χ3v) is 14.1. The quantitative estimate of drug-likeness (QED) is 0.143. The number of carbonyl (C=O) groups excluding carboxylic acids is 1. The Bertz CT molecular complexity index is 2270. The molecular formula is C44H52ClN11O. The molecule has 4 aliphatic rings. The molecule has 13 heteroatoms. The monoisotopic (exact) mass is 785 g/mol. The van der Waals surface area contributed by atoms with Crippen molar-refractivity contribution in [1.82, 2.24) is 39.6 Å². The molecule has 2 saturated carbocycles. The summed E-state index contributed by atoms with van der Waals surface area (Å²) in [6, 6.07) is 13.6. The molecule has 0 unspecified atom stereocenters. The van der Waals surface area contributed by atoms with Gasteiger partial charge in [0.05, 0.1) is 41.4 Å². The minimum absolute atomic E-state index is 0.226. The van der Waals surface area contributed by atoms with Crippen LogP contribution < -0.4 is 16.0 Å². The van der Waals surface area contributed by atoms with Crippen LogP contribution in [0.2, 0.25) is 5.02 Å². The van der Waals surface area contributed by atoms with Crippen molar-refractivity contribution in [2.45, 2.75) is 108 Å². The van der Waals surface area contributed by atoms with Crippen LogP contribution in [0, 0.1) is 16.7 Å². The highest BCUT2D eigenvalue weighted by atomic mass is 35.5. The molecule has 57 heavy (non-hydrogen) atoms. The molecule has 4 fully saturated rings. The Morgan fingerprint density at radius 3 is 2.37 bits per heavy atom. The number of nitrogen functional groups attached to an aromatic ring is 1. The van der Waals surface area contributed by atoms with Crippen LogP contribution in [0.3, 0.4) is 0 Å². The van der Waals surface area contributed by atoms with Gasteiger partial charge in [0.1, 0.15) is 23.0 Å². The molecule has 9 rings (SSSR count). The van der Waals surface area contributed by atoms with Gasteiger partial charge in [0, 0.05) is 59.4 Å². The van der Waals surface area contributed by atoms with E-state index in [4.69, 9.17) is 32.4 Å². The number of nitriles is 1. The van der Waals surface area contributed by atoms with Crippen LogP contribution in [0.1, 0.15) is 107 Å². The highest BCUT2D eigenvalue weighted by Crippen LogP contribution is 2.40. The van der Waals surface area contributed by atoms with Gasteiger partial charge >= 0.3 is 0 Å². The number of hydrogen-bond donors (Lipinski definition) is 2. The predicted molar refractivity (Wildman–Crippen MR) is 223 cm³/mol. The molecule has 0 atom stereocenters. The average molecular weight is 786 g/mol. The Balaban J connectivity index is 0.860. The van der Waals surface area contributed by atoms with Crippen molar-refractivity contribution in [3.63, 3.8) is 0 Å². The van der Waals surface area contributed by atoms with Crippen LogP contribution in [0.5, 0.6) is 0 Å². The van der Waals surface area contributed by atoms with Crippen molar-refractivity contribution >= 4 is 34.5 Å². The van der Waals surface area contributed by atoms with E-state index in [2.05, 4.69) is 50.2 Å². The summed E-state index contributed by atoms with van der Waals surface area (Å²) in [5.41, 5.74) is 11.8. The lowest BCUT2D eigenvalue weighted by Crippen LogP contribution is -2.52. The molecule has 2 aliphatic heterocycles. The number of fused-ring (bicyclic) bond motifs is 1. The van der Waals surface area contributed by atoms with Gasteiger partial charge in [-0.3, -0.25) is 9.48 Å². The number of halogens is 1. The van der Waals surface area contributed by atoms with Gasteiger partial charge in [-0.1, -0.05) is 24.6 Å². The zero-order valence-electron chi connectivity index (χ0n) is 32.8. The van der Waals surface area contributed by atoms with E-state index in [1.54, 1.807) is 10.7 Å². The molecule has 5 aromatic rings. The molecule has 0 radical (unpaired) electrons. The lowest BCUT2D eigenvalue weighted by Gasteiger charge is -2.42. The third-order valence-electron chi connectivity index (χ3n) is 13.7. The van der Waals surface area contributed by atoms with Crippen molar-refractivity contribution in [2.75, 3.05) is 36.8 Å². The summed E-state index contributed by atoms with van der Waals surface area (Å²) in [6.07, 6.45) is 21.9. The summed E-state index contributed by atoms with van der Waals surface area (Å²) in [5.74, 6) is 1.60. The normalized spacial score (nSPS) is 21.9. The highest BCUT2D eigenvalue weighted by Gasteiger charge is 2.41. The van der Waals surface area contributed by atoms with Gasteiger partial charge in [0.25, 0.3) is 0 Å². The maximum atomic E-state index is 13.3. The molecule has 1 amide bonds. The molecule has 12 nitrogen and oxygen atoms in total. The number of pyridine rings is 1. The van der Waals surface area contributed by atoms with E-state index >= 15 is 0 Å². The number of nitrogens with one attached hydrogen (secondary N) is 1. The average Bonchev–Trinajstić information content (AvgIpc) is 3.90. The number of amides is 1. The highest BCUT2D eigenvalue weighted by molar-refractivity contribution is 6.31. The Morgan fingerprint density at radius 2 is 1.70 bits per heavy atom. The fourth-order valence-corrected chi connectivity index (χ4v) is 10.1. The minimum atomic E-state index is -0.307. The zero-order valence-corrected chi connectivity index (χ0v) is 33.5. The number of hydrogen-bond acceptors (Lipinski definition) is 9. The van der Waals surface area contributed by atoms with E-state index in [0.29, 0.717) is 40.8 Å². The second-order valence-corrected chi connectivity index (χ2v) is 17.2. The lowest BCUT2D eigenvalue weighted by molar-refractivity contribution is -0.133. The first-order valence-corrected chi connectivity index (χ1v) is 21.3. The Morgan fingerprint density at radius 1 is 0.930 bits per heavy atom. The van der Waals surface area contributed by atoms with E-state index in [-0.39, 0.29) is 11.3 Å². The molecule has 3 N–H and O–H groups in total. The summed E-state index contributed by atoms with van der Waals surface area (Å²) in [6.45, 7) is 5.90. The van der Waals surface area contributed by atoms with Gasteiger partial charge in [-0.25, -0.2) is 14.5 Å². The number of nitrogens with two attached hydrogens (primary N) is 1. The van der Waals surface area contributed by atoms with Crippen LogP contribution in [0.15, 0.2) is 61.3 Å². The van der Waals surface area contributed by atoms with Crippen LogP contribution in [0.25, 0.3) is 28.0 Å². The summed E-state index contributed by atoms with van der Waals surface area (Å²) in [4.78, 5) is 28.3. The molecule has 6 heterocycles. The van der Waals surface area contributed by atoms with Gasteiger partial charge in [0.2, 0.25) is 5.91 Å². The van der Waals surface area contributed by atoms with Crippen molar-refractivity contribution < 1.29 is 4.79 Å². The molecule has 2 aliphatic carbocycles. The van der Waals surface area contributed by atoms with Crippen molar-refractivity contribution in [2.24, 2.45) is 5.41 Å². The maximum Gasteiger partial charge on any atom is 0.226 e. The SMILES string of the molecule is CCC1(C(=O)NC2CCC2)CCN(c2ccc(-c3nc(-c4cnn([C@H]5CC[C@H](N6CCC(c7ccc(N)cc7Cl)CC6)CC5)c4)cn4ncc(C#N)c34)cn2)CC1. The van der Waals surface area contributed by atoms with Gasteiger partial charge in [0.15, 0.2) is 0 Å². The van der Waals surface area contributed by atoms with E-state index in [1.165, 1.54) is 12.0 Å². The van der Waals surface area contributed by atoms with Crippen LogP contribution in [-0.2, 0) is 4.79 Å². The fourth-order valence-electron chi connectivity index (χ4n) is 9.75. The van der Waals surface area contributed by atoms with Crippen LogP contribution >= 0.6 is 11.6 Å². The molecule has 0 spiro atoms. The Labute approximate surface area is 339 Å². The number of nitrogens with zero attached hydrogens (tertiary/aromatic N) is 9. The fraction of sp³-hybridized carbons (Fsp3) is 0.500. The first-order valence-electron chi connectivity index (χ1n) is 20.9. The van der Waals surface area contributed by atoms with Gasteiger partial charge < -0.3 is 20.9 Å². The summed E-state index contributed by atoms with van der Waals surface area (Å²) in [5, 5.41) is 23.5. The zero-order chi connectivity index (χ0) is 39.1. The van der Waals surface area contributed by atoms with Crippen molar-refractivity contribution in [1.29, 1.82) is 5.26 Å². The third kappa shape index (κ3) is 7.36. The number of carbonyl (C=O) groups is 1. The van der Waals surface area contributed by atoms with Crippen molar-refractivity contribution in [3.8, 4) is 28.6 Å². The summed E-state index contributed by atoms with van der Waals surface area (Å²) >= 11 is 6.56. The second-order valence-electron chi connectivity index (χ2n) is 16.8. The topological polar surface area (TPSA) is 146 Å². The molecule has 1 aromatic carbocycles. The molecular weight excluding hydrogens is 734 g/mol. The number of likely N-dealkylation sites (tertiary alicyclic amines) is 1. The smallest absolute Gasteiger partial charge is 0.226 e. The van der Waals surface area contributed by atoms with Gasteiger partial charge in [-0.15, -0.1) is 0 Å². The van der Waals surface area contributed by atoms with Crippen LogP contribution in [0.4, 0.5) is 11.5 Å². The van der Waals surface area contributed by atoms with E-state index in [0.717, 1.165) is 130 Å². The Kier molecular flexibility index (Phi) is 10.4. The van der Waals surface area contributed by atoms with E-state index in [1.807, 2.05) is 42.9 Å². The molecule has 296 valence electrons. The standard InChI is InChI=1S/C44H52ClN11O/c1-2-44(43(57)51-34-4-3-5-34)16-20-54(21-17-44)40-13-6-30(24-48-40)41-42-31(23-46)25-50-56(42)28-39(52-41)32-26-49-55(27-32)36-10-8-35(9-11-36)53-18-14-29(15-19-53)37-12-7-33(47)22-38(37)45/h6-7,12-13,22,24-29,34-36H,2-5,8-11,14-21,47H2,1H3,(H,51,57)/t35-,36-. The number of piperidine rings is 2. The van der Waals surface area contributed by atoms with Gasteiger partial charge in [-0.2, -0.15) is 15.5 Å². The number of rotatable bonds is 9. The van der Waals surface area contributed by atoms with Crippen molar-refractivity contribution in [3.05, 3.63) is 77.5 Å². The maximum absolute atomic E-state index is 13.3. The summed E-state index contributed by atoms with van der Waals surface area (Å²) in [7, 11) is 0. The molecule has 4 aromatic heterocycles. The number of aromatic nitrogens is 6. The van der Waals surface area contributed by atoms with Gasteiger partial charge in [-0.05, 0) is 126 Å². The van der Waals surface area contributed by atoms with Crippen LogP contribution in [-0.4, -0.2) is 78.4 Å². The number of benzene rings is 1. The lowest BCUT2D eigenvalue weighted by atomic mass is 9.74. The first kappa shape index (κ1) is 37.6. The molecule has 2 saturated heterocycles. The molecule has 0 bridgehead atoms.